The van der Waals surface area contributed by atoms with Crippen LogP contribution in [0.2, 0.25) is 0 Å². The zero-order chi connectivity index (χ0) is 24.4. The normalized spacial score (nSPS) is 37.1. The average molecular weight is 522 g/mol. The van der Waals surface area contributed by atoms with Gasteiger partial charge in [0, 0.05) is 36.3 Å². The molecule has 6 atom stereocenters. The van der Waals surface area contributed by atoms with Gasteiger partial charge in [-0.25, -0.2) is 0 Å². The minimum Gasteiger partial charge on any atom is -0.508 e. The lowest BCUT2D eigenvalue weighted by atomic mass is 9.43. The Morgan fingerprint density at radius 2 is 2.00 bits per heavy atom. The highest BCUT2D eigenvalue weighted by Gasteiger charge is 2.76. The molecule has 8 rings (SSSR count). The molecule has 4 bridgehead atoms. The van der Waals surface area contributed by atoms with Gasteiger partial charge in [-0.15, -0.1) is 12.4 Å². The number of phenols is 1. The highest BCUT2D eigenvalue weighted by molar-refractivity contribution is 5.94. The smallest absolute Gasteiger partial charge is 0.260 e. The number of hydrogen-bond acceptors (Lipinski definition) is 4. The third-order valence-electron chi connectivity index (χ3n) is 11.3. The maximum absolute atomic E-state index is 13.8. The van der Waals surface area contributed by atoms with E-state index in [4.69, 9.17) is 0 Å². The molecule has 1 aromatic heterocycles. The second-order valence-electron chi connectivity index (χ2n) is 12.8. The molecule has 1 aromatic carbocycles. The van der Waals surface area contributed by atoms with Crippen LogP contribution in [0, 0.1) is 30.1 Å². The van der Waals surface area contributed by atoms with Gasteiger partial charge in [0.25, 0.3) is 11.5 Å². The number of phenolic OH excluding ortho intramolecular Hbond substituents is 1. The number of H-pyrrole nitrogens is 1. The van der Waals surface area contributed by atoms with Crippen molar-refractivity contribution in [1.82, 2.24) is 14.8 Å². The van der Waals surface area contributed by atoms with Crippen LogP contribution in [-0.2, 0) is 11.8 Å². The summed E-state index contributed by atoms with van der Waals surface area (Å²) in [7, 11) is 0. The zero-order valence-electron chi connectivity index (χ0n) is 21.4. The molecule has 3 saturated carbocycles. The molecule has 6 aliphatic rings. The van der Waals surface area contributed by atoms with E-state index in [-0.39, 0.29) is 46.3 Å². The van der Waals surface area contributed by atoms with E-state index in [0.717, 1.165) is 50.4 Å². The number of carbonyl (C=O) groups excluding carboxylic acids is 1. The molecule has 0 radical (unpaired) electrons. The van der Waals surface area contributed by atoms with Crippen molar-refractivity contribution in [1.29, 1.82) is 0 Å². The van der Waals surface area contributed by atoms with Gasteiger partial charge in [-0.05, 0) is 117 Å². The van der Waals surface area contributed by atoms with E-state index in [1.54, 1.807) is 6.07 Å². The Hall–Kier alpha value is -2.31. The fraction of sp³-hybridized carbons (Fsp3) is 0.600. The molecular weight excluding hydrogens is 486 g/mol. The highest BCUT2D eigenvalue weighted by Crippen LogP contribution is 2.75. The maximum atomic E-state index is 13.8. The molecule has 196 valence electrons. The summed E-state index contributed by atoms with van der Waals surface area (Å²) in [6, 6.07) is 10.4. The number of aromatic nitrogens is 1. The number of pyridine rings is 1. The number of fused-ring (bicyclic) bond motifs is 1. The first-order chi connectivity index (χ1) is 17.4. The summed E-state index contributed by atoms with van der Waals surface area (Å²) in [4.78, 5) is 34.2. The minimum absolute atomic E-state index is 0. The van der Waals surface area contributed by atoms with Gasteiger partial charge in [0.15, 0.2) is 0 Å². The molecular formula is C30H36ClN3O3. The van der Waals surface area contributed by atoms with E-state index in [0.29, 0.717) is 23.6 Å². The fourth-order valence-corrected chi connectivity index (χ4v) is 10.1. The van der Waals surface area contributed by atoms with E-state index < -0.39 is 0 Å². The average Bonchev–Trinajstić information content (AvgIpc) is 3.54. The number of rotatable bonds is 3. The minimum atomic E-state index is -0.276. The quantitative estimate of drug-likeness (QED) is 0.639. The number of nitrogens with zero attached hydrogens (tertiary/aromatic N) is 2. The summed E-state index contributed by atoms with van der Waals surface area (Å²) >= 11 is 0. The number of piperidine rings is 1. The van der Waals surface area contributed by atoms with Crippen LogP contribution in [0.15, 0.2) is 35.1 Å². The second-order valence-corrected chi connectivity index (χ2v) is 12.8. The lowest BCUT2D eigenvalue weighted by Gasteiger charge is -2.66. The predicted molar refractivity (Wildman–Crippen MR) is 143 cm³/mol. The molecule has 0 spiro atoms. The molecule has 3 heterocycles. The molecule has 5 fully saturated rings. The zero-order valence-corrected chi connectivity index (χ0v) is 22.2. The third-order valence-corrected chi connectivity index (χ3v) is 11.3. The Bertz CT molecular complexity index is 1350. The van der Waals surface area contributed by atoms with Gasteiger partial charge < -0.3 is 15.0 Å². The van der Waals surface area contributed by atoms with Crippen LogP contribution in [0.5, 0.6) is 5.75 Å². The van der Waals surface area contributed by atoms with Crippen molar-refractivity contribution in [3.05, 3.63) is 63.1 Å². The lowest BCUT2D eigenvalue weighted by Crippen LogP contribution is -2.70. The molecule has 6 nitrogen and oxygen atoms in total. The number of hydrogen-bond donors (Lipinski definition) is 2. The molecule has 2 N–H and O–H groups in total. The number of likely N-dealkylation sites (tertiary alicyclic amines) is 2. The number of carbonyl (C=O) groups is 1. The largest absolute Gasteiger partial charge is 0.508 e. The van der Waals surface area contributed by atoms with Crippen LogP contribution in [0.25, 0.3) is 0 Å². The van der Waals surface area contributed by atoms with Gasteiger partial charge in [0.2, 0.25) is 0 Å². The molecule has 1 amide bonds. The van der Waals surface area contributed by atoms with E-state index in [1.165, 1.54) is 36.9 Å². The van der Waals surface area contributed by atoms with Crippen LogP contribution in [0.1, 0.15) is 65.7 Å². The summed E-state index contributed by atoms with van der Waals surface area (Å²) in [6.45, 7) is 4.97. The number of halogens is 1. The Morgan fingerprint density at radius 3 is 2.78 bits per heavy atom. The summed E-state index contributed by atoms with van der Waals surface area (Å²) in [5, 5.41) is 10.6. The van der Waals surface area contributed by atoms with Gasteiger partial charge in [-0.3, -0.25) is 14.5 Å². The summed E-state index contributed by atoms with van der Waals surface area (Å²) in [6.07, 6.45) is 8.32. The number of aryl methyl sites for hydroxylation is 1. The van der Waals surface area contributed by atoms with Crippen LogP contribution in [-0.4, -0.2) is 57.5 Å². The fourth-order valence-electron chi connectivity index (χ4n) is 10.1. The number of amides is 1. The van der Waals surface area contributed by atoms with Crippen molar-refractivity contribution in [2.45, 2.75) is 69.4 Å². The predicted octanol–water partition coefficient (Wildman–Crippen LogP) is 4.03. The first-order valence-corrected chi connectivity index (χ1v) is 14.0. The van der Waals surface area contributed by atoms with E-state index in [9.17, 15) is 14.7 Å². The molecule has 4 aliphatic carbocycles. The van der Waals surface area contributed by atoms with Crippen LogP contribution in [0.3, 0.4) is 0 Å². The van der Waals surface area contributed by atoms with E-state index >= 15 is 0 Å². The number of benzene rings is 1. The SMILES string of the molecule is Cc1ccc(C(=O)N2C[C@H]3C[C@@]45CC[C@@H]2[C@@H]3[C@@]42CCN(CC3CC3)[C@@H]5Cc3ccc(O)cc32)c(=O)[nH]1.Cl. The van der Waals surface area contributed by atoms with Crippen molar-refractivity contribution in [2.24, 2.45) is 23.2 Å². The number of aromatic hydroxyl groups is 1. The van der Waals surface area contributed by atoms with E-state index in [2.05, 4.69) is 26.9 Å². The maximum Gasteiger partial charge on any atom is 0.260 e. The van der Waals surface area contributed by atoms with Crippen molar-refractivity contribution >= 4 is 18.3 Å². The van der Waals surface area contributed by atoms with E-state index in [1.807, 2.05) is 19.1 Å². The van der Waals surface area contributed by atoms with Crippen LogP contribution < -0.4 is 5.56 Å². The topological polar surface area (TPSA) is 76.6 Å². The van der Waals surface area contributed by atoms with Crippen molar-refractivity contribution in [3.8, 4) is 5.75 Å². The van der Waals surface area contributed by atoms with Gasteiger partial charge in [0.1, 0.15) is 11.3 Å². The molecule has 2 saturated heterocycles. The molecule has 2 aliphatic heterocycles. The van der Waals surface area contributed by atoms with Gasteiger partial charge in [-0.1, -0.05) is 6.07 Å². The van der Waals surface area contributed by atoms with Gasteiger partial charge in [-0.2, -0.15) is 0 Å². The Labute approximate surface area is 223 Å². The first-order valence-electron chi connectivity index (χ1n) is 14.0. The highest BCUT2D eigenvalue weighted by atomic mass is 35.5. The standard InChI is InChI=1S/C30H35N3O3.ClH/c1-17-2-7-22(27(35)31-17)28(36)33-16-20-14-29-9-8-24(33)26(20)30(29)10-11-32(15-18-3-4-18)25(29)12-19-5-6-21(34)13-23(19)30;/h2,5-7,13,18,20,24-26,34H,3-4,8-12,14-16H2,1H3,(H,31,35);1H/t20-,24-,25-,26-,29-,30+;/m1./s1. The first kappa shape index (κ1) is 23.8. The molecule has 7 heteroatoms. The molecule has 37 heavy (non-hydrogen) atoms. The van der Waals surface area contributed by atoms with Crippen molar-refractivity contribution in [3.63, 3.8) is 0 Å². The Kier molecular flexibility index (Phi) is 5.05. The Morgan fingerprint density at radius 1 is 1.16 bits per heavy atom. The van der Waals surface area contributed by atoms with Crippen molar-refractivity contribution < 1.29 is 9.90 Å². The lowest BCUT2D eigenvalue weighted by molar-refractivity contribution is -0.102. The monoisotopic (exact) mass is 521 g/mol. The van der Waals surface area contributed by atoms with Crippen LogP contribution >= 0.6 is 12.4 Å². The van der Waals surface area contributed by atoms with Crippen molar-refractivity contribution in [2.75, 3.05) is 19.6 Å². The third kappa shape index (κ3) is 2.97. The summed E-state index contributed by atoms with van der Waals surface area (Å²) < 4.78 is 0. The van der Waals surface area contributed by atoms with Crippen LogP contribution in [0.4, 0.5) is 0 Å². The number of aromatic amines is 1. The number of nitrogens with one attached hydrogen (secondary N) is 1. The Balaban J connectivity index is 0.00000231. The summed E-state index contributed by atoms with van der Waals surface area (Å²) in [5.41, 5.74) is 3.82. The van der Waals surface area contributed by atoms with Gasteiger partial charge >= 0.3 is 0 Å². The molecule has 0 unspecified atom stereocenters. The summed E-state index contributed by atoms with van der Waals surface area (Å²) in [5.74, 6) is 2.02. The van der Waals surface area contributed by atoms with Gasteiger partial charge in [0.05, 0.1) is 0 Å². The molecule has 2 aromatic rings. The second kappa shape index (κ2) is 7.86.